The van der Waals surface area contributed by atoms with Crippen LogP contribution in [0, 0.1) is 0 Å². The number of H-pyrrole nitrogens is 1. The number of nitrogens with one attached hydrogen (secondary N) is 2. The second kappa shape index (κ2) is 6.76. The molecular weight excluding hydrogens is 368 g/mol. The molecule has 6 nitrogen and oxygen atoms in total. The molecule has 0 bridgehead atoms. The normalized spacial score (nSPS) is 14.4. The first-order chi connectivity index (χ1) is 14.2. The number of fused-ring (bicyclic) bond motifs is 2. The molecule has 0 spiro atoms. The Morgan fingerprint density at radius 3 is 2.55 bits per heavy atom. The number of hydrogen-bond donors (Lipinski definition) is 3. The second-order valence-corrected chi connectivity index (χ2v) is 7.05. The van der Waals surface area contributed by atoms with E-state index < -0.39 is 11.8 Å². The number of hydrogen-bond acceptors (Lipinski definition) is 4. The van der Waals surface area contributed by atoms with Crippen molar-refractivity contribution in [2.75, 3.05) is 6.61 Å². The van der Waals surface area contributed by atoms with Crippen molar-refractivity contribution in [3.05, 3.63) is 71.6 Å². The molecule has 0 fully saturated rings. The molecule has 0 unspecified atom stereocenters. The van der Waals surface area contributed by atoms with E-state index in [1.54, 1.807) is 18.5 Å². The number of aromatic amines is 1. The highest BCUT2D eigenvalue weighted by Gasteiger charge is 2.34. The molecule has 5 rings (SSSR count). The largest absolute Gasteiger partial charge is 0.464 e. The lowest BCUT2D eigenvalue weighted by Gasteiger charge is -2.06. The topological polar surface area (TPSA) is 95.3 Å². The van der Waals surface area contributed by atoms with Gasteiger partial charge in [0.05, 0.1) is 17.4 Å². The molecule has 2 aromatic carbocycles. The number of carbonyl (C=O) groups excluding carboxylic acids is 2. The molecule has 6 heteroatoms. The van der Waals surface area contributed by atoms with Crippen molar-refractivity contribution >= 4 is 44.8 Å². The van der Waals surface area contributed by atoms with Crippen molar-refractivity contribution in [2.24, 2.45) is 0 Å². The number of aliphatic hydroxyl groups excluding tert-OH is 1. The number of aryl methyl sites for hydroxylation is 1. The highest BCUT2D eigenvalue weighted by molar-refractivity contribution is 6.50. The minimum atomic E-state index is -0.431. The van der Waals surface area contributed by atoms with Crippen LogP contribution in [-0.4, -0.2) is 28.5 Å². The summed E-state index contributed by atoms with van der Waals surface area (Å²) in [7, 11) is 0. The zero-order chi connectivity index (χ0) is 20.0. The predicted molar refractivity (Wildman–Crippen MR) is 110 cm³/mol. The summed E-state index contributed by atoms with van der Waals surface area (Å²) in [5, 5.41) is 13.3. The molecule has 3 N–H and O–H groups in total. The summed E-state index contributed by atoms with van der Waals surface area (Å²) in [5.41, 5.74) is 4.47. The van der Waals surface area contributed by atoms with Crippen LogP contribution >= 0.6 is 0 Å². The van der Waals surface area contributed by atoms with Crippen LogP contribution in [0.4, 0.5) is 0 Å². The fourth-order valence-corrected chi connectivity index (χ4v) is 4.06. The second-order valence-electron chi connectivity index (χ2n) is 7.05. The van der Waals surface area contributed by atoms with Crippen LogP contribution in [0.15, 0.2) is 59.3 Å². The van der Waals surface area contributed by atoms with Gasteiger partial charge >= 0.3 is 0 Å². The molecule has 2 aromatic heterocycles. The molecule has 2 amide bonds. The predicted octanol–water partition coefficient (Wildman–Crippen LogP) is 3.41. The maximum Gasteiger partial charge on any atom is 0.259 e. The molecule has 3 heterocycles. The van der Waals surface area contributed by atoms with Crippen LogP contribution in [0.5, 0.6) is 0 Å². The Kier molecular flexibility index (Phi) is 4.07. The van der Waals surface area contributed by atoms with Gasteiger partial charge in [0.1, 0.15) is 5.58 Å². The van der Waals surface area contributed by atoms with Gasteiger partial charge < -0.3 is 14.5 Å². The van der Waals surface area contributed by atoms with Crippen molar-refractivity contribution < 1.29 is 19.1 Å². The third-order valence-corrected chi connectivity index (χ3v) is 5.35. The zero-order valence-corrected chi connectivity index (χ0v) is 15.5. The van der Waals surface area contributed by atoms with Gasteiger partial charge in [-0.05, 0) is 24.5 Å². The van der Waals surface area contributed by atoms with E-state index in [0.29, 0.717) is 34.3 Å². The van der Waals surface area contributed by atoms with Gasteiger partial charge in [-0.15, -0.1) is 0 Å². The molecular formula is C23H18N2O4. The molecule has 1 aliphatic heterocycles. The van der Waals surface area contributed by atoms with Crippen LogP contribution in [-0.2, 0) is 16.0 Å². The van der Waals surface area contributed by atoms with E-state index >= 15 is 0 Å². The first-order valence-electron chi connectivity index (χ1n) is 9.46. The first-order valence-corrected chi connectivity index (χ1v) is 9.46. The monoisotopic (exact) mass is 386 g/mol. The van der Waals surface area contributed by atoms with Crippen molar-refractivity contribution in [2.45, 2.75) is 12.8 Å². The van der Waals surface area contributed by atoms with Gasteiger partial charge in [-0.3, -0.25) is 14.9 Å². The number of aromatic nitrogens is 1. The van der Waals surface area contributed by atoms with Crippen LogP contribution < -0.4 is 5.32 Å². The van der Waals surface area contributed by atoms with Crippen LogP contribution in [0.3, 0.4) is 0 Å². The van der Waals surface area contributed by atoms with Gasteiger partial charge in [-0.1, -0.05) is 36.4 Å². The first kappa shape index (κ1) is 17.5. The molecule has 144 valence electrons. The molecule has 4 aromatic rings. The maximum absolute atomic E-state index is 12.8. The molecule has 0 radical (unpaired) electrons. The lowest BCUT2D eigenvalue weighted by Crippen LogP contribution is -2.22. The highest BCUT2D eigenvalue weighted by atomic mass is 16.3. The number of rotatable bonds is 5. The lowest BCUT2D eigenvalue weighted by atomic mass is 9.94. The molecule has 0 aliphatic carbocycles. The summed E-state index contributed by atoms with van der Waals surface area (Å²) < 4.78 is 5.60. The van der Waals surface area contributed by atoms with Crippen LogP contribution in [0.1, 0.15) is 23.1 Å². The Morgan fingerprint density at radius 1 is 0.931 bits per heavy atom. The minimum Gasteiger partial charge on any atom is -0.464 e. The summed E-state index contributed by atoms with van der Waals surface area (Å²) in [6.45, 7) is 0.114. The van der Waals surface area contributed by atoms with Gasteiger partial charge in [-0.2, -0.15) is 0 Å². The smallest absolute Gasteiger partial charge is 0.259 e. The average molecular weight is 386 g/mol. The molecule has 29 heavy (non-hydrogen) atoms. The molecule has 0 saturated carbocycles. The Morgan fingerprint density at radius 2 is 1.72 bits per heavy atom. The van der Waals surface area contributed by atoms with E-state index in [1.165, 1.54) is 0 Å². The van der Waals surface area contributed by atoms with Crippen molar-refractivity contribution in [3.63, 3.8) is 0 Å². The standard InChI is InChI=1S/C23H18N2O4/c26-10-3-6-13-4-1-7-15-17(12-24-20(13)15)19-18(22(27)25-23(19)28)16-8-2-5-14-9-11-29-21(14)16/h1-2,4-5,7-9,11-12,24,26H,3,6,10H2,(H,25,27,28). The Labute approximate surface area is 165 Å². The van der Waals surface area contributed by atoms with Gasteiger partial charge in [0.25, 0.3) is 11.8 Å². The van der Waals surface area contributed by atoms with Crippen molar-refractivity contribution in [3.8, 4) is 0 Å². The molecule has 0 atom stereocenters. The van der Waals surface area contributed by atoms with E-state index in [4.69, 9.17) is 9.52 Å². The Hall–Kier alpha value is -3.64. The number of carbonyl (C=O) groups is 2. The SMILES string of the molecule is O=C1NC(=O)C(c2cccc3ccoc23)=C1c1c[nH]c2c(CCCO)cccc12. The number of amides is 2. The van der Waals surface area contributed by atoms with Gasteiger partial charge in [0.15, 0.2) is 0 Å². The van der Waals surface area contributed by atoms with E-state index in [0.717, 1.165) is 28.3 Å². The van der Waals surface area contributed by atoms with Crippen molar-refractivity contribution in [1.82, 2.24) is 10.3 Å². The molecule has 0 saturated heterocycles. The van der Waals surface area contributed by atoms with Crippen molar-refractivity contribution in [1.29, 1.82) is 0 Å². The number of imide groups is 1. The fourth-order valence-electron chi connectivity index (χ4n) is 4.06. The maximum atomic E-state index is 12.8. The Balaban J connectivity index is 1.76. The summed E-state index contributed by atoms with van der Waals surface area (Å²) in [4.78, 5) is 28.8. The number of benzene rings is 2. The summed E-state index contributed by atoms with van der Waals surface area (Å²) in [6, 6.07) is 13.2. The van der Waals surface area contributed by atoms with Gasteiger partial charge in [0, 0.05) is 40.2 Å². The summed E-state index contributed by atoms with van der Waals surface area (Å²) in [5.74, 6) is -0.852. The zero-order valence-electron chi connectivity index (χ0n) is 15.5. The molecule has 1 aliphatic rings. The van der Waals surface area contributed by atoms with E-state index in [2.05, 4.69) is 10.3 Å². The third kappa shape index (κ3) is 2.68. The lowest BCUT2D eigenvalue weighted by molar-refractivity contribution is -0.122. The minimum absolute atomic E-state index is 0.114. The average Bonchev–Trinajstić information content (AvgIpc) is 3.43. The third-order valence-electron chi connectivity index (χ3n) is 5.35. The van der Waals surface area contributed by atoms with Crippen LogP contribution in [0.2, 0.25) is 0 Å². The van der Waals surface area contributed by atoms with E-state index in [9.17, 15) is 9.59 Å². The van der Waals surface area contributed by atoms with E-state index in [-0.39, 0.29) is 6.61 Å². The van der Waals surface area contributed by atoms with E-state index in [1.807, 2.05) is 36.4 Å². The number of furan rings is 1. The summed E-state index contributed by atoms with van der Waals surface area (Å²) >= 11 is 0. The van der Waals surface area contributed by atoms with Gasteiger partial charge in [0.2, 0.25) is 0 Å². The number of aliphatic hydroxyl groups is 1. The summed E-state index contributed by atoms with van der Waals surface area (Å²) in [6.07, 6.45) is 4.71. The van der Waals surface area contributed by atoms with Gasteiger partial charge in [-0.25, -0.2) is 0 Å². The quantitative estimate of drug-likeness (QED) is 0.458. The highest BCUT2D eigenvalue weighted by Crippen LogP contribution is 2.38. The fraction of sp³-hybridized carbons (Fsp3) is 0.130. The Bertz CT molecular complexity index is 1310. The number of para-hydroxylation sites is 2. The van der Waals surface area contributed by atoms with Crippen LogP contribution in [0.25, 0.3) is 33.0 Å².